The van der Waals surface area contributed by atoms with Gasteiger partial charge < -0.3 is 20.1 Å². The monoisotopic (exact) mass is 438 g/mol. The fraction of sp³-hybridized carbons (Fsp3) is 0.360. The minimum atomic E-state index is -0.365. The Morgan fingerprint density at radius 1 is 1.00 bits per heavy atom. The number of nitrogens with zero attached hydrogens (tertiary/aromatic N) is 2. The summed E-state index contributed by atoms with van der Waals surface area (Å²) in [7, 11) is 0. The van der Waals surface area contributed by atoms with E-state index in [-0.39, 0.29) is 24.0 Å². The third-order valence-electron chi connectivity index (χ3n) is 5.72. The van der Waals surface area contributed by atoms with Gasteiger partial charge in [0, 0.05) is 29.9 Å². The third-order valence-corrected chi connectivity index (χ3v) is 5.72. The molecule has 32 heavy (non-hydrogen) atoms. The van der Waals surface area contributed by atoms with E-state index >= 15 is 0 Å². The second-order valence-corrected chi connectivity index (χ2v) is 7.78. The number of urea groups is 1. The van der Waals surface area contributed by atoms with Crippen LogP contribution >= 0.6 is 0 Å². The topological polar surface area (TPSA) is 68.4 Å². The first-order valence-corrected chi connectivity index (χ1v) is 11.1. The minimum absolute atomic E-state index is 0.177. The Morgan fingerprint density at radius 2 is 1.72 bits per heavy atom. The zero-order valence-corrected chi connectivity index (χ0v) is 19.0. The molecule has 0 aliphatic rings. The van der Waals surface area contributed by atoms with Gasteiger partial charge in [0.05, 0.1) is 6.54 Å². The van der Waals surface area contributed by atoms with Crippen LogP contribution in [0.3, 0.4) is 0 Å². The molecule has 3 rings (SSSR count). The number of anilines is 1. The summed E-state index contributed by atoms with van der Waals surface area (Å²) >= 11 is 0. The van der Waals surface area contributed by atoms with Crippen molar-refractivity contribution in [3.05, 3.63) is 75.8 Å². The highest BCUT2D eigenvalue weighted by atomic mass is 19.1. The molecule has 2 amide bonds. The van der Waals surface area contributed by atoms with Crippen molar-refractivity contribution in [1.82, 2.24) is 14.8 Å². The molecule has 0 radical (unpaired) electrons. The number of fused-ring (bicyclic) bond motifs is 1. The Balaban J connectivity index is 1.86. The van der Waals surface area contributed by atoms with Crippen molar-refractivity contribution in [2.45, 2.75) is 33.7 Å². The number of aryl methyl sites for hydroxylation is 1. The molecule has 0 saturated carbocycles. The van der Waals surface area contributed by atoms with Crippen molar-refractivity contribution in [2.24, 2.45) is 0 Å². The molecule has 1 heterocycles. The molecule has 0 atom stereocenters. The molecule has 0 bridgehead atoms. The summed E-state index contributed by atoms with van der Waals surface area (Å²) in [6, 6.07) is 13.2. The summed E-state index contributed by atoms with van der Waals surface area (Å²) < 4.78 is 13.2. The van der Waals surface area contributed by atoms with Gasteiger partial charge in [0.1, 0.15) is 5.82 Å². The van der Waals surface area contributed by atoms with Gasteiger partial charge in [-0.1, -0.05) is 26.8 Å². The average molecular weight is 439 g/mol. The van der Waals surface area contributed by atoms with Gasteiger partial charge in [-0.2, -0.15) is 0 Å². The van der Waals surface area contributed by atoms with E-state index in [0.29, 0.717) is 24.3 Å². The van der Waals surface area contributed by atoms with Crippen molar-refractivity contribution in [1.29, 1.82) is 0 Å². The van der Waals surface area contributed by atoms with Crippen LogP contribution in [0.25, 0.3) is 10.9 Å². The average Bonchev–Trinajstić information content (AvgIpc) is 2.80. The Bertz CT molecular complexity index is 1110. The highest BCUT2D eigenvalue weighted by Gasteiger charge is 2.17. The fourth-order valence-electron chi connectivity index (χ4n) is 3.63. The van der Waals surface area contributed by atoms with E-state index in [1.54, 1.807) is 4.90 Å². The summed E-state index contributed by atoms with van der Waals surface area (Å²) in [5.41, 5.74) is 2.79. The van der Waals surface area contributed by atoms with Gasteiger partial charge in [-0.3, -0.25) is 4.79 Å². The first kappa shape index (κ1) is 23.5. The van der Waals surface area contributed by atoms with E-state index < -0.39 is 0 Å². The second kappa shape index (κ2) is 10.9. The number of carbonyl (C=O) groups is 1. The Morgan fingerprint density at radius 3 is 2.38 bits per heavy atom. The van der Waals surface area contributed by atoms with Crippen LogP contribution in [0.1, 0.15) is 31.9 Å². The molecule has 0 fully saturated rings. The maximum absolute atomic E-state index is 13.2. The van der Waals surface area contributed by atoms with Crippen LogP contribution in [0.2, 0.25) is 0 Å². The summed E-state index contributed by atoms with van der Waals surface area (Å²) in [5, 5.41) is 3.76. The number of hydrogen-bond donors (Lipinski definition) is 2. The SMILES string of the molecule is CCc1ccc2[nH]c(=O)c(CN(CCN(CC)CC)C(=O)Nc3ccc(F)cc3)cc2c1. The zero-order valence-electron chi connectivity index (χ0n) is 19.0. The summed E-state index contributed by atoms with van der Waals surface area (Å²) in [4.78, 5) is 32.6. The van der Waals surface area contributed by atoms with E-state index in [0.717, 1.165) is 30.4 Å². The maximum Gasteiger partial charge on any atom is 0.322 e. The van der Waals surface area contributed by atoms with Crippen molar-refractivity contribution in [3.63, 3.8) is 0 Å². The van der Waals surface area contributed by atoms with Gasteiger partial charge in [0.15, 0.2) is 0 Å². The number of benzene rings is 2. The van der Waals surface area contributed by atoms with Gasteiger partial charge in [-0.05, 0) is 72.9 Å². The maximum atomic E-state index is 13.2. The molecule has 2 N–H and O–H groups in total. The Kier molecular flexibility index (Phi) is 8.00. The quantitative estimate of drug-likeness (QED) is 0.513. The van der Waals surface area contributed by atoms with Gasteiger partial charge in [-0.15, -0.1) is 0 Å². The number of H-pyrrole nitrogens is 1. The number of nitrogens with one attached hydrogen (secondary N) is 2. The molecule has 0 aliphatic carbocycles. The van der Waals surface area contributed by atoms with Gasteiger partial charge >= 0.3 is 6.03 Å². The van der Waals surface area contributed by atoms with Crippen molar-refractivity contribution >= 4 is 22.6 Å². The number of pyridine rings is 1. The molecule has 0 aliphatic heterocycles. The summed E-state index contributed by atoms with van der Waals surface area (Å²) in [5.74, 6) is -0.365. The number of halogens is 1. The molecular formula is C25H31FN4O2. The number of amides is 2. The van der Waals surface area contributed by atoms with E-state index in [9.17, 15) is 14.0 Å². The van der Waals surface area contributed by atoms with Crippen molar-refractivity contribution in [3.8, 4) is 0 Å². The standard InChI is InChI=1S/C25H31FN4O2/c1-4-18-7-12-23-19(15-18)16-20(24(31)28-23)17-30(14-13-29(5-2)6-3)25(32)27-22-10-8-21(26)9-11-22/h7-12,15-16H,4-6,13-14,17H2,1-3H3,(H,27,32)(H,28,31). The number of aromatic amines is 1. The zero-order chi connectivity index (χ0) is 23.1. The lowest BCUT2D eigenvalue weighted by Crippen LogP contribution is -2.41. The minimum Gasteiger partial charge on any atom is -0.322 e. The van der Waals surface area contributed by atoms with Crippen LogP contribution in [0.4, 0.5) is 14.9 Å². The van der Waals surface area contributed by atoms with Crippen LogP contribution in [-0.2, 0) is 13.0 Å². The third kappa shape index (κ3) is 5.95. The lowest BCUT2D eigenvalue weighted by molar-refractivity contribution is 0.194. The van der Waals surface area contributed by atoms with E-state index in [1.165, 1.54) is 29.8 Å². The Hall–Kier alpha value is -3.19. The lowest BCUT2D eigenvalue weighted by atomic mass is 10.1. The molecule has 0 spiro atoms. The molecular weight excluding hydrogens is 407 g/mol. The van der Waals surface area contributed by atoms with Crippen LogP contribution in [-0.4, -0.2) is 47.0 Å². The van der Waals surface area contributed by atoms with Crippen LogP contribution < -0.4 is 10.9 Å². The summed E-state index contributed by atoms with van der Waals surface area (Å²) in [6.45, 7) is 9.31. The van der Waals surface area contributed by atoms with Crippen LogP contribution in [0.5, 0.6) is 0 Å². The normalized spacial score (nSPS) is 11.2. The molecule has 6 nitrogen and oxygen atoms in total. The predicted molar refractivity (Wildman–Crippen MR) is 128 cm³/mol. The molecule has 2 aromatic carbocycles. The van der Waals surface area contributed by atoms with Crippen molar-refractivity contribution in [2.75, 3.05) is 31.5 Å². The predicted octanol–water partition coefficient (Wildman–Crippen LogP) is 4.61. The summed E-state index contributed by atoms with van der Waals surface area (Å²) in [6.07, 6.45) is 0.903. The fourth-order valence-corrected chi connectivity index (χ4v) is 3.63. The van der Waals surface area contributed by atoms with Gasteiger partial charge in [-0.25, -0.2) is 9.18 Å². The van der Waals surface area contributed by atoms with E-state index in [4.69, 9.17) is 0 Å². The van der Waals surface area contributed by atoms with Crippen LogP contribution in [0, 0.1) is 5.82 Å². The number of aromatic nitrogens is 1. The molecule has 7 heteroatoms. The van der Waals surface area contributed by atoms with E-state index in [2.05, 4.69) is 42.0 Å². The largest absolute Gasteiger partial charge is 0.322 e. The highest BCUT2D eigenvalue weighted by Crippen LogP contribution is 2.16. The molecule has 0 saturated heterocycles. The van der Waals surface area contributed by atoms with E-state index in [1.807, 2.05) is 18.2 Å². The first-order valence-electron chi connectivity index (χ1n) is 11.1. The molecule has 3 aromatic rings. The Labute approximate surface area is 188 Å². The molecule has 1 aromatic heterocycles. The van der Waals surface area contributed by atoms with Crippen LogP contribution in [0.15, 0.2) is 53.3 Å². The van der Waals surface area contributed by atoms with Crippen molar-refractivity contribution < 1.29 is 9.18 Å². The number of likely N-dealkylation sites (N-methyl/N-ethyl adjacent to an activating group) is 1. The molecule has 0 unspecified atom stereocenters. The number of hydrogen-bond acceptors (Lipinski definition) is 3. The lowest BCUT2D eigenvalue weighted by Gasteiger charge is -2.26. The smallest absolute Gasteiger partial charge is 0.322 e. The second-order valence-electron chi connectivity index (χ2n) is 7.78. The number of rotatable bonds is 9. The van der Waals surface area contributed by atoms with Gasteiger partial charge in [0.2, 0.25) is 0 Å². The van der Waals surface area contributed by atoms with Gasteiger partial charge in [0.25, 0.3) is 5.56 Å². The highest BCUT2D eigenvalue weighted by molar-refractivity contribution is 5.89. The number of carbonyl (C=O) groups excluding carboxylic acids is 1. The molecule has 170 valence electrons. The first-order chi connectivity index (χ1) is 15.4.